The average molecular weight is 497 g/mol. The summed E-state index contributed by atoms with van der Waals surface area (Å²) in [6.07, 6.45) is 8.66. The first-order valence-corrected chi connectivity index (χ1v) is 11.7. The van der Waals surface area contributed by atoms with Gasteiger partial charge in [0.25, 0.3) is 0 Å². The molecule has 1 fully saturated rings. The molecule has 1 aliphatic heterocycles. The number of carboxylic acid groups (broad SMARTS) is 1. The maximum atomic E-state index is 14.3. The number of carbonyl (C=O) groups excluding carboxylic acids is 1. The summed E-state index contributed by atoms with van der Waals surface area (Å²) >= 11 is 0. The summed E-state index contributed by atoms with van der Waals surface area (Å²) in [5.41, 5.74) is 0.898. The van der Waals surface area contributed by atoms with Crippen LogP contribution in [-0.4, -0.2) is 54.9 Å². The van der Waals surface area contributed by atoms with E-state index in [-0.39, 0.29) is 23.3 Å². The Morgan fingerprint density at radius 3 is 2.83 bits per heavy atom. The predicted molar refractivity (Wildman–Crippen MR) is 131 cm³/mol. The Morgan fingerprint density at radius 2 is 2.11 bits per heavy atom. The number of fused-ring (bicyclic) bond motifs is 1. The molecule has 0 aliphatic carbocycles. The van der Waals surface area contributed by atoms with Crippen LogP contribution < -0.4 is 10.2 Å². The lowest BCUT2D eigenvalue weighted by atomic mass is 10.0. The number of ether oxygens (including phenoxy) is 1. The number of aromatic nitrogens is 4. The van der Waals surface area contributed by atoms with E-state index in [1.807, 2.05) is 4.90 Å². The molecular weight excluding hydrogens is 467 g/mol. The summed E-state index contributed by atoms with van der Waals surface area (Å²) in [4.78, 5) is 34.5. The van der Waals surface area contributed by atoms with Gasteiger partial charge >= 0.3 is 12.1 Å². The number of nitrogens with zero attached hydrogens (tertiary/aromatic N) is 5. The normalized spacial score (nSPS) is 17.0. The van der Waals surface area contributed by atoms with E-state index in [0.29, 0.717) is 23.6 Å². The molecule has 3 aromatic heterocycles. The Balaban J connectivity index is 1.60. The average Bonchev–Trinajstić information content (AvgIpc) is 3.43. The van der Waals surface area contributed by atoms with Crippen LogP contribution in [0.15, 0.2) is 36.8 Å². The van der Waals surface area contributed by atoms with Crippen molar-refractivity contribution in [2.75, 3.05) is 11.4 Å². The van der Waals surface area contributed by atoms with Gasteiger partial charge in [0.2, 0.25) is 0 Å². The van der Waals surface area contributed by atoms with E-state index in [4.69, 9.17) is 4.74 Å². The van der Waals surface area contributed by atoms with Gasteiger partial charge in [-0.15, -0.1) is 0 Å². The number of nitrogens with one attached hydrogen (secondary N) is 1. The lowest BCUT2D eigenvalue weighted by molar-refractivity contribution is 0.0517. The van der Waals surface area contributed by atoms with Crippen LogP contribution in [0.3, 0.4) is 0 Å². The maximum Gasteiger partial charge on any atom is 0.408 e. The molecule has 10 nitrogen and oxygen atoms in total. The lowest BCUT2D eigenvalue weighted by Crippen LogP contribution is -2.36. The third-order valence-corrected chi connectivity index (χ3v) is 5.69. The summed E-state index contributed by atoms with van der Waals surface area (Å²) < 4.78 is 21.0. The van der Waals surface area contributed by atoms with Gasteiger partial charge in [0.1, 0.15) is 22.8 Å². The van der Waals surface area contributed by atoms with Gasteiger partial charge in [-0.2, -0.15) is 5.10 Å². The van der Waals surface area contributed by atoms with E-state index in [1.165, 1.54) is 16.8 Å². The first-order chi connectivity index (χ1) is 17.0. The molecule has 4 heterocycles. The van der Waals surface area contributed by atoms with Crippen LogP contribution in [0.2, 0.25) is 0 Å². The maximum absolute atomic E-state index is 14.3. The summed E-state index contributed by atoms with van der Waals surface area (Å²) in [6.45, 7) is 7.84. The van der Waals surface area contributed by atoms with Gasteiger partial charge in [-0.3, -0.25) is 4.98 Å². The highest BCUT2D eigenvalue weighted by Gasteiger charge is 2.30. The van der Waals surface area contributed by atoms with Crippen molar-refractivity contribution in [1.29, 1.82) is 0 Å². The van der Waals surface area contributed by atoms with Crippen LogP contribution in [0.25, 0.3) is 11.7 Å². The molecule has 1 unspecified atom stereocenters. The Labute approximate surface area is 207 Å². The Hall–Kier alpha value is -4.02. The van der Waals surface area contributed by atoms with Crippen LogP contribution in [-0.2, 0) is 4.74 Å². The molecule has 190 valence electrons. The van der Waals surface area contributed by atoms with Crippen LogP contribution >= 0.6 is 0 Å². The van der Waals surface area contributed by atoms with Crippen LogP contribution in [0.4, 0.5) is 15.0 Å². The molecular formula is C25H29FN6O4. The Bertz CT molecular complexity index is 1320. The van der Waals surface area contributed by atoms with E-state index >= 15 is 0 Å². The molecule has 36 heavy (non-hydrogen) atoms. The molecule has 0 aromatic carbocycles. The first-order valence-electron chi connectivity index (χ1n) is 11.7. The molecule has 1 saturated heterocycles. The Kier molecular flexibility index (Phi) is 6.91. The molecule has 4 rings (SSSR count). The number of aromatic carboxylic acids is 1. The number of alkyl carbamates (subject to hydrolysis) is 1. The minimum absolute atomic E-state index is 0.00937. The highest BCUT2D eigenvalue weighted by Crippen LogP contribution is 2.37. The first kappa shape index (κ1) is 25.1. The number of halogens is 1. The van der Waals surface area contributed by atoms with Crippen molar-refractivity contribution in [1.82, 2.24) is 24.9 Å². The number of rotatable bonds is 6. The molecule has 0 saturated carbocycles. The van der Waals surface area contributed by atoms with Crippen molar-refractivity contribution in [3.63, 3.8) is 0 Å². The smallest absolute Gasteiger partial charge is 0.408 e. The van der Waals surface area contributed by atoms with Gasteiger partial charge in [-0.25, -0.2) is 23.5 Å². The van der Waals surface area contributed by atoms with Gasteiger partial charge in [0.05, 0.1) is 24.1 Å². The van der Waals surface area contributed by atoms with Gasteiger partial charge in [-0.05, 0) is 58.7 Å². The minimum Gasteiger partial charge on any atom is -0.477 e. The molecule has 0 radical (unpaired) electrons. The fourth-order valence-corrected chi connectivity index (χ4v) is 4.18. The van der Waals surface area contributed by atoms with Gasteiger partial charge in [-0.1, -0.05) is 6.08 Å². The summed E-state index contributed by atoms with van der Waals surface area (Å²) in [5.74, 6) is -0.989. The predicted octanol–water partition coefficient (Wildman–Crippen LogP) is 4.23. The summed E-state index contributed by atoms with van der Waals surface area (Å²) in [6, 6.07) is 2.66. The van der Waals surface area contributed by atoms with Crippen molar-refractivity contribution in [2.24, 2.45) is 0 Å². The lowest BCUT2D eigenvalue weighted by Gasteiger charge is -2.27. The zero-order valence-corrected chi connectivity index (χ0v) is 20.6. The highest BCUT2D eigenvalue weighted by molar-refractivity contribution is 5.94. The molecule has 0 bridgehead atoms. The second-order valence-electron chi connectivity index (χ2n) is 9.69. The van der Waals surface area contributed by atoms with Crippen molar-refractivity contribution < 1.29 is 23.8 Å². The molecule has 2 N–H and O–H groups in total. The van der Waals surface area contributed by atoms with E-state index < -0.39 is 23.5 Å². The van der Waals surface area contributed by atoms with Crippen molar-refractivity contribution in [2.45, 2.75) is 58.2 Å². The van der Waals surface area contributed by atoms with Gasteiger partial charge in [0, 0.05) is 24.3 Å². The van der Waals surface area contributed by atoms with E-state index in [1.54, 1.807) is 52.1 Å². The molecule has 3 aromatic rings. The zero-order chi connectivity index (χ0) is 26.0. The second-order valence-corrected chi connectivity index (χ2v) is 9.69. The SMILES string of the molecule is C[C@H](/C=C/c1ncc(F)cc1C1CCCN1c1ccn2ncc(C(=O)O)c2n1)NC(=O)OC(C)(C)C. The number of carboxylic acids is 1. The van der Waals surface area contributed by atoms with Crippen LogP contribution in [0.1, 0.15) is 68.2 Å². The van der Waals surface area contributed by atoms with Crippen LogP contribution in [0.5, 0.6) is 0 Å². The number of carbonyl (C=O) groups is 2. The van der Waals surface area contributed by atoms with Crippen LogP contribution in [0, 0.1) is 5.82 Å². The number of amides is 1. The molecule has 11 heteroatoms. The third-order valence-electron chi connectivity index (χ3n) is 5.69. The molecule has 1 amide bonds. The molecule has 2 atom stereocenters. The van der Waals surface area contributed by atoms with Crippen molar-refractivity contribution in [3.8, 4) is 0 Å². The monoisotopic (exact) mass is 496 g/mol. The zero-order valence-electron chi connectivity index (χ0n) is 20.6. The quantitative estimate of drug-likeness (QED) is 0.520. The van der Waals surface area contributed by atoms with E-state index in [0.717, 1.165) is 19.0 Å². The minimum atomic E-state index is -1.11. The van der Waals surface area contributed by atoms with E-state index in [9.17, 15) is 19.1 Å². The summed E-state index contributed by atoms with van der Waals surface area (Å²) in [5, 5.41) is 16.2. The van der Waals surface area contributed by atoms with Crippen molar-refractivity contribution in [3.05, 3.63) is 59.4 Å². The number of anilines is 1. The fraction of sp³-hybridized carbons (Fsp3) is 0.400. The van der Waals surface area contributed by atoms with Gasteiger partial charge < -0.3 is 20.1 Å². The van der Waals surface area contributed by atoms with E-state index in [2.05, 4.69) is 20.4 Å². The molecule has 0 spiro atoms. The standard InChI is InChI=1S/C25H29FN6O4/c1-15(29-24(35)36-25(2,3)4)7-8-19-17(12-16(26)13-27-19)20-6-5-10-31(20)21-9-11-32-22(30-21)18(14-28-32)23(33)34/h7-9,11-15,20H,5-6,10H2,1-4H3,(H,29,35)(H,33,34)/b8-7+/t15-,20?/m1/s1. The Morgan fingerprint density at radius 1 is 1.33 bits per heavy atom. The largest absolute Gasteiger partial charge is 0.477 e. The second kappa shape index (κ2) is 9.92. The number of hydrogen-bond acceptors (Lipinski definition) is 7. The molecule has 1 aliphatic rings. The third kappa shape index (κ3) is 5.61. The fourth-order valence-electron chi connectivity index (χ4n) is 4.18. The van der Waals surface area contributed by atoms with Gasteiger partial charge in [0.15, 0.2) is 5.65 Å². The summed E-state index contributed by atoms with van der Waals surface area (Å²) in [7, 11) is 0. The number of hydrogen-bond donors (Lipinski definition) is 2. The van der Waals surface area contributed by atoms with Crippen molar-refractivity contribution >= 4 is 29.6 Å². The number of pyridine rings is 1. The topological polar surface area (TPSA) is 122 Å². The highest BCUT2D eigenvalue weighted by atomic mass is 19.1.